The van der Waals surface area contributed by atoms with Crippen LogP contribution >= 0.6 is 0 Å². The molecule has 0 unspecified atom stereocenters. The van der Waals surface area contributed by atoms with Gasteiger partial charge in [0, 0.05) is 94.5 Å². The summed E-state index contributed by atoms with van der Waals surface area (Å²) in [5.41, 5.74) is 16.2. The predicted molar refractivity (Wildman–Crippen MR) is 443 cm³/mol. The van der Waals surface area contributed by atoms with Crippen LogP contribution in [0.5, 0.6) is 11.5 Å². The van der Waals surface area contributed by atoms with Crippen molar-refractivity contribution in [2.75, 3.05) is 28.4 Å². The second-order valence-corrected chi connectivity index (χ2v) is 33.9. The van der Waals surface area contributed by atoms with E-state index in [0.717, 1.165) is 163 Å². The van der Waals surface area contributed by atoms with Gasteiger partial charge in [0.2, 0.25) is 11.8 Å². The molecule has 6 fully saturated rings. The Bertz CT molecular complexity index is 5390. The number of nitrogens with zero attached hydrogens (tertiary/aromatic N) is 7. The second-order valence-electron chi connectivity index (χ2n) is 33.9. The Kier molecular flexibility index (Phi) is 21.9. The van der Waals surface area contributed by atoms with E-state index in [1.165, 1.54) is 88.8 Å². The van der Waals surface area contributed by atoms with Gasteiger partial charge in [0.05, 0.1) is 78.0 Å². The number of amides is 5. The fourth-order valence-corrected chi connectivity index (χ4v) is 18.5. The van der Waals surface area contributed by atoms with E-state index < -0.39 is 42.1 Å². The molecule has 0 bridgehead atoms. The van der Waals surface area contributed by atoms with Crippen LogP contribution in [0.2, 0.25) is 0 Å². The van der Waals surface area contributed by atoms with Crippen LogP contribution in [0, 0.1) is 5.92 Å². The maximum absolute atomic E-state index is 14.2. The molecule has 25 heteroatoms. The van der Waals surface area contributed by atoms with Crippen molar-refractivity contribution < 1.29 is 57.1 Å². The molecule has 0 radical (unpaired) electrons. The molecule has 3 saturated carbocycles. The van der Waals surface area contributed by atoms with Crippen molar-refractivity contribution in [3.05, 3.63) is 131 Å². The Balaban J connectivity index is 0.000000185. The van der Waals surface area contributed by atoms with Gasteiger partial charge in [0.25, 0.3) is 0 Å². The van der Waals surface area contributed by atoms with Crippen LogP contribution in [0.3, 0.4) is 0 Å². The van der Waals surface area contributed by atoms with Crippen LogP contribution < -0.4 is 20.1 Å². The van der Waals surface area contributed by atoms with E-state index in [1.807, 2.05) is 50.5 Å². The topological polar surface area (TPSA) is 298 Å². The Labute approximate surface area is 671 Å². The molecule has 18 rings (SSSR count). The molecule has 25 nitrogen and oxygen atoms in total. The zero-order valence-electron chi connectivity index (χ0n) is 66.8. The van der Waals surface area contributed by atoms with Gasteiger partial charge in [-0.1, -0.05) is 58.2 Å². The second kappa shape index (κ2) is 31.6. The third-order valence-electron chi connectivity index (χ3n) is 25.0. The summed E-state index contributed by atoms with van der Waals surface area (Å²) in [6.07, 6.45) is 10.3. The van der Waals surface area contributed by atoms with Crippen molar-refractivity contribution in [1.29, 1.82) is 0 Å². The highest BCUT2D eigenvalue weighted by atomic mass is 16.6. The Morgan fingerprint density at radius 3 is 1.31 bits per heavy atom. The first-order valence-corrected chi connectivity index (χ1v) is 40.5. The number of imidazole rings is 4. The summed E-state index contributed by atoms with van der Waals surface area (Å²) in [7, 11) is 5.56. The van der Waals surface area contributed by atoms with Crippen LogP contribution in [0.25, 0.3) is 88.4 Å². The lowest BCUT2D eigenvalue weighted by atomic mass is 9.92. The van der Waals surface area contributed by atoms with Gasteiger partial charge in [0.15, 0.2) is 0 Å². The maximum Gasteiger partial charge on any atom is 0.411 e. The molecule has 5 amide bonds. The molecule has 6 N–H and O–H groups in total. The average Bonchev–Trinajstić information content (AvgIpc) is 1.73. The van der Waals surface area contributed by atoms with E-state index in [4.69, 9.17) is 53.1 Å². The molecule has 0 spiro atoms. The first-order chi connectivity index (χ1) is 54.4. The minimum absolute atomic E-state index is 0. The van der Waals surface area contributed by atoms with Crippen molar-refractivity contribution in [1.82, 2.24) is 65.2 Å². The number of hydrogen-bond acceptors (Lipinski definition) is 16. The van der Waals surface area contributed by atoms with Crippen LogP contribution in [-0.2, 0) is 46.5 Å². The van der Waals surface area contributed by atoms with Gasteiger partial charge in [-0.05, 0) is 226 Å². The van der Waals surface area contributed by atoms with Gasteiger partial charge in [-0.25, -0.2) is 34.3 Å². The minimum atomic E-state index is -0.938. The highest BCUT2D eigenvalue weighted by Crippen LogP contribution is 2.51. The van der Waals surface area contributed by atoms with E-state index in [1.54, 1.807) is 18.7 Å². The fourth-order valence-electron chi connectivity index (χ4n) is 18.5. The molecule has 10 aromatic rings. The summed E-state index contributed by atoms with van der Waals surface area (Å²) in [4.78, 5) is 107. The van der Waals surface area contributed by atoms with Gasteiger partial charge >= 0.3 is 18.3 Å². The summed E-state index contributed by atoms with van der Waals surface area (Å²) in [6, 6.07) is 27.5. The Morgan fingerprint density at radius 1 is 0.478 bits per heavy atom. The molecule has 5 aliphatic heterocycles. The van der Waals surface area contributed by atoms with Crippen molar-refractivity contribution in [3.8, 4) is 56.3 Å². The zero-order chi connectivity index (χ0) is 78.7. The molecule has 3 aliphatic carbocycles. The molecule has 6 aromatic carbocycles. The number of ether oxygens (including phenoxy) is 7. The van der Waals surface area contributed by atoms with Crippen molar-refractivity contribution in [2.24, 2.45) is 5.92 Å². The number of fused-ring (bicyclic) bond motifs is 12. The normalized spacial score (nSPS) is 22.5. The molecule has 115 heavy (non-hydrogen) atoms. The van der Waals surface area contributed by atoms with E-state index in [2.05, 4.69) is 123 Å². The number of carbonyl (C=O) groups excluding carboxylic acids is 5. The van der Waals surface area contributed by atoms with Gasteiger partial charge in [-0.3, -0.25) is 14.5 Å². The first kappa shape index (κ1) is 79.7. The average molecular weight is 1570 g/mol. The summed E-state index contributed by atoms with van der Waals surface area (Å²) < 4.78 is 39.4. The van der Waals surface area contributed by atoms with Crippen LogP contribution in [0.4, 0.5) is 14.4 Å². The molecule has 8 aliphatic rings. The lowest BCUT2D eigenvalue weighted by Crippen LogP contribution is -2.55. The van der Waals surface area contributed by atoms with Crippen molar-refractivity contribution in [2.45, 2.75) is 258 Å². The van der Waals surface area contributed by atoms with Crippen molar-refractivity contribution >= 4 is 73.7 Å². The van der Waals surface area contributed by atoms with Gasteiger partial charge in [-0.2, -0.15) is 0 Å². The van der Waals surface area contributed by atoms with E-state index in [0.29, 0.717) is 43.2 Å². The Hall–Kier alpha value is -10.5. The van der Waals surface area contributed by atoms with Gasteiger partial charge in [0.1, 0.15) is 65.7 Å². The van der Waals surface area contributed by atoms with Crippen LogP contribution in [0.15, 0.2) is 84.9 Å². The number of likely N-dealkylation sites (tertiary alicyclic amines) is 3. The van der Waals surface area contributed by atoms with E-state index >= 15 is 0 Å². The Morgan fingerprint density at radius 2 is 0.896 bits per heavy atom. The number of benzene rings is 6. The van der Waals surface area contributed by atoms with Crippen LogP contribution in [-0.4, -0.2) is 161 Å². The van der Waals surface area contributed by atoms with E-state index in [-0.39, 0.29) is 69.0 Å². The number of hydrogen-bond donors (Lipinski definition) is 6. The number of nitrogens with one attached hydrogen (secondary N) is 6. The largest absolute Gasteiger partial charge is 0.488 e. The van der Waals surface area contributed by atoms with Gasteiger partial charge < -0.3 is 73.5 Å². The van der Waals surface area contributed by atoms with E-state index in [9.17, 15) is 24.0 Å². The number of aromatic amines is 4. The maximum atomic E-state index is 14.2. The summed E-state index contributed by atoms with van der Waals surface area (Å²) in [5.74, 6) is 6.84. The van der Waals surface area contributed by atoms with Gasteiger partial charge in [-0.15, -0.1) is 0 Å². The standard InChI is InChI=1S/C48H58N8O9.C40H45N5O3.2CH4/c1-23-9-17-35(55(23)45(57)38(25(3)61-5)53-47(59)63-7)43-49-34-16-14-28-20-33-31-15-13-29(19-30(31)22-65-37(33)21-32(28)42(34)52-43)41-40(27-11-12-27)50-44(51-41)36-18-10-24(2)56(36)46(58)39(26(4)62-6)54-48(60)64-8;1-21-6-8-26(16-21)37-42-34(23-9-10-23)35(43-37)25-11-13-28-27(17-25)20-47-33-19-29-24(18-30(28)33)12-14-31-36(29)44-38(41-31)32-15-7-22(2)45(32)39(46)48-40(3,4)5;;/h13-16,19-21,23-27,35-36,38-39H,9-12,17-18,22H2,1-8H3,(H,49,52)(H,50,51)(H,53,59)(H,54,60);11-14,17-19,21-23,26,32H,6-10,15-16,20H2,1-5H3,(H,41,44)(H,42,43);2*1H4/t23-,24-,25+,26+,35-,36-,38-,39-;21-,22-,26+,32-;;/m00../s1. The number of methoxy groups -OCH3 is 4. The minimum Gasteiger partial charge on any atom is -0.488 e. The lowest BCUT2D eigenvalue weighted by molar-refractivity contribution is -0.140. The molecule has 608 valence electrons. The molecule has 4 aromatic heterocycles. The fraction of sp³-hybridized carbons (Fsp3) is 0.500. The molecular formula is C90H111N13O12. The molecule has 3 saturated heterocycles. The number of rotatable bonds is 16. The smallest absolute Gasteiger partial charge is 0.411 e. The van der Waals surface area contributed by atoms with Crippen LogP contribution in [0.1, 0.15) is 242 Å². The predicted octanol–water partition coefficient (Wildman–Crippen LogP) is 18.3. The monoisotopic (exact) mass is 1570 g/mol. The SMILES string of the molecule is C.C.COC(=O)N[C@H](C(=O)N1[C@@H](C)CC[C@H]1c1nc(-c2ccc3c(c2)COc2cc4c(ccc5[nH]c([C@@H]6CC[C@H](C)N6C(=O)[C@@H](NC(=O)OC)[C@@H](C)OC)nc54)cc2-3)c(C2CC2)[nH]1)[C@@H](C)OC.C[C@H]1CC[C@@H](c2nc(-c3ccc4c(c3)COc3cc5c(ccc6[nH]c([C@@H]7CC[C@H](C)N7C(=O)OC(C)(C)C)nc65)cc3-4)c(C3CC3)[nH]2)C1. The number of H-pyrrole nitrogens is 4. The number of aromatic nitrogens is 8. The molecule has 12 atom stereocenters. The first-order valence-electron chi connectivity index (χ1n) is 40.5. The summed E-state index contributed by atoms with van der Waals surface area (Å²) >= 11 is 0. The van der Waals surface area contributed by atoms with Crippen molar-refractivity contribution in [3.63, 3.8) is 0 Å². The quantitative estimate of drug-likeness (QED) is 0.0490. The third-order valence-corrected chi connectivity index (χ3v) is 25.0. The number of alkyl carbamates (subject to hydrolysis) is 2. The summed E-state index contributed by atoms with van der Waals surface area (Å²) in [5, 5.41) is 9.45. The number of carbonyl (C=O) groups is 5. The lowest BCUT2D eigenvalue weighted by Gasteiger charge is -2.33. The third kappa shape index (κ3) is 15.0. The zero-order valence-corrected chi connectivity index (χ0v) is 66.8. The molecule has 9 heterocycles. The molecular weight excluding hydrogens is 1460 g/mol. The highest BCUT2D eigenvalue weighted by molar-refractivity contribution is 6.08. The summed E-state index contributed by atoms with van der Waals surface area (Å²) in [6.45, 7) is 18.6. The highest BCUT2D eigenvalue weighted by Gasteiger charge is 2.46.